The number of nitrogens with zero attached hydrogens (tertiary/aromatic N) is 1. The van der Waals surface area contributed by atoms with Crippen molar-refractivity contribution in [1.82, 2.24) is 10.3 Å². The topological polar surface area (TPSA) is 34.1 Å². The predicted octanol–water partition coefficient (Wildman–Crippen LogP) is 3.25. The Labute approximate surface area is 111 Å². The first kappa shape index (κ1) is 15.1. The maximum Gasteiger partial charge on any atom is 0.0484 e. The monoisotopic (exact) mass is 250 g/mol. The lowest BCUT2D eigenvalue weighted by Gasteiger charge is -2.20. The van der Waals surface area contributed by atoms with E-state index in [0.29, 0.717) is 6.04 Å². The molecule has 0 fully saturated rings. The summed E-state index contributed by atoms with van der Waals surface area (Å²) in [6, 6.07) is 2.43. The first-order valence-corrected chi connectivity index (χ1v) is 7.01. The molecule has 3 nitrogen and oxygen atoms in total. The summed E-state index contributed by atoms with van der Waals surface area (Å²) in [5.74, 6) is 0. The number of aromatic nitrogens is 1. The molecule has 1 aromatic heterocycles. The molecule has 0 bridgehead atoms. The molecule has 0 amide bonds. The van der Waals surface area contributed by atoms with E-state index in [-0.39, 0.29) is 0 Å². The van der Waals surface area contributed by atoms with Gasteiger partial charge < -0.3 is 10.1 Å². The molecule has 1 N–H and O–H groups in total. The van der Waals surface area contributed by atoms with Crippen LogP contribution in [0.5, 0.6) is 0 Å². The first-order valence-electron chi connectivity index (χ1n) is 7.01. The smallest absolute Gasteiger partial charge is 0.0484 e. The lowest BCUT2D eigenvalue weighted by molar-refractivity contribution is 0.124. The fraction of sp³-hybridized carbons (Fsp3) is 0.667. The summed E-state index contributed by atoms with van der Waals surface area (Å²) in [5.41, 5.74) is 2.60. The fourth-order valence-corrected chi connectivity index (χ4v) is 1.97. The molecule has 0 radical (unpaired) electrons. The second-order valence-electron chi connectivity index (χ2n) is 4.64. The third-order valence-electron chi connectivity index (χ3n) is 3.00. The largest absolute Gasteiger partial charge is 0.381 e. The van der Waals surface area contributed by atoms with Crippen LogP contribution in [-0.4, -0.2) is 24.7 Å². The van der Waals surface area contributed by atoms with Gasteiger partial charge in [-0.05, 0) is 49.9 Å². The van der Waals surface area contributed by atoms with Gasteiger partial charge in [0.15, 0.2) is 0 Å². The van der Waals surface area contributed by atoms with E-state index in [1.54, 1.807) is 0 Å². The summed E-state index contributed by atoms with van der Waals surface area (Å²) < 4.78 is 5.59. The van der Waals surface area contributed by atoms with E-state index in [1.165, 1.54) is 11.1 Å². The van der Waals surface area contributed by atoms with Gasteiger partial charge in [0.2, 0.25) is 0 Å². The molecule has 0 saturated carbocycles. The number of ether oxygens (including phenoxy) is 1. The van der Waals surface area contributed by atoms with E-state index in [0.717, 1.165) is 39.0 Å². The van der Waals surface area contributed by atoms with Gasteiger partial charge in [0.05, 0.1) is 0 Å². The van der Waals surface area contributed by atoms with Gasteiger partial charge >= 0.3 is 0 Å². The molecule has 0 aliphatic heterocycles. The van der Waals surface area contributed by atoms with Crippen LogP contribution in [0.3, 0.4) is 0 Å². The third kappa shape index (κ3) is 5.15. The summed E-state index contributed by atoms with van der Waals surface area (Å²) in [7, 11) is 0. The van der Waals surface area contributed by atoms with Crippen LogP contribution in [0.1, 0.15) is 50.3 Å². The number of nitrogens with one attached hydrogen (secondary N) is 1. The van der Waals surface area contributed by atoms with Gasteiger partial charge in [-0.1, -0.05) is 13.8 Å². The second kappa shape index (κ2) is 9.06. The van der Waals surface area contributed by atoms with Crippen molar-refractivity contribution in [2.45, 2.75) is 46.1 Å². The Morgan fingerprint density at radius 3 is 2.78 bits per heavy atom. The zero-order valence-electron chi connectivity index (χ0n) is 11.9. The highest BCUT2D eigenvalue weighted by atomic mass is 16.5. The second-order valence-corrected chi connectivity index (χ2v) is 4.64. The molecule has 1 atom stereocenters. The van der Waals surface area contributed by atoms with Crippen molar-refractivity contribution in [2.75, 3.05) is 19.8 Å². The predicted molar refractivity (Wildman–Crippen MR) is 75.7 cm³/mol. The zero-order valence-corrected chi connectivity index (χ0v) is 11.9. The molecule has 0 spiro atoms. The minimum Gasteiger partial charge on any atom is -0.381 e. The van der Waals surface area contributed by atoms with Gasteiger partial charge in [0.1, 0.15) is 0 Å². The van der Waals surface area contributed by atoms with Crippen LogP contribution in [0.15, 0.2) is 18.5 Å². The Bertz CT molecular complexity index is 328. The molecule has 0 aliphatic rings. The molecule has 1 unspecified atom stereocenters. The van der Waals surface area contributed by atoms with Crippen LogP contribution in [0.4, 0.5) is 0 Å². The molecular weight excluding hydrogens is 224 g/mol. The lowest BCUT2D eigenvalue weighted by atomic mass is 10.0. The number of rotatable bonds is 9. The van der Waals surface area contributed by atoms with E-state index in [4.69, 9.17) is 4.74 Å². The maximum atomic E-state index is 5.59. The van der Waals surface area contributed by atoms with Crippen molar-refractivity contribution >= 4 is 0 Å². The molecule has 1 aromatic rings. The van der Waals surface area contributed by atoms with Crippen molar-refractivity contribution in [1.29, 1.82) is 0 Å². The van der Waals surface area contributed by atoms with Gasteiger partial charge in [-0.15, -0.1) is 0 Å². The summed E-state index contributed by atoms with van der Waals surface area (Å²) in [6.45, 7) is 9.17. The normalized spacial score (nSPS) is 12.6. The molecule has 3 heteroatoms. The molecule has 102 valence electrons. The summed E-state index contributed by atoms with van der Waals surface area (Å²) in [4.78, 5) is 4.24. The standard InChI is InChI=1S/C15H26N2O/c1-4-8-17-15(7-11-18-10-5-2)14-12-16-9-6-13(14)3/h6,9,12,15,17H,4-5,7-8,10-11H2,1-3H3. The highest BCUT2D eigenvalue weighted by Crippen LogP contribution is 2.19. The van der Waals surface area contributed by atoms with E-state index >= 15 is 0 Å². The Hall–Kier alpha value is -0.930. The van der Waals surface area contributed by atoms with Crippen LogP contribution >= 0.6 is 0 Å². The van der Waals surface area contributed by atoms with E-state index < -0.39 is 0 Å². The minimum absolute atomic E-state index is 0.357. The van der Waals surface area contributed by atoms with Crippen molar-refractivity contribution in [3.05, 3.63) is 29.6 Å². The third-order valence-corrected chi connectivity index (χ3v) is 3.00. The van der Waals surface area contributed by atoms with Gasteiger partial charge in [-0.2, -0.15) is 0 Å². The quantitative estimate of drug-likeness (QED) is 0.683. The van der Waals surface area contributed by atoms with Crippen LogP contribution < -0.4 is 5.32 Å². The van der Waals surface area contributed by atoms with Crippen LogP contribution in [-0.2, 0) is 4.74 Å². The number of hydrogen-bond donors (Lipinski definition) is 1. The molecule has 0 aliphatic carbocycles. The Morgan fingerprint density at radius 2 is 2.11 bits per heavy atom. The Morgan fingerprint density at radius 1 is 1.28 bits per heavy atom. The Balaban J connectivity index is 2.57. The summed E-state index contributed by atoms with van der Waals surface area (Å²) >= 11 is 0. The molecular formula is C15H26N2O. The zero-order chi connectivity index (χ0) is 13.2. The van der Waals surface area contributed by atoms with Crippen LogP contribution in [0.25, 0.3) is 0 Å². The van der Waals surface area contributed by atoms with Crippen molar-refractivity contribution in [2.24, 2.45) is 0 Å². The van der Waals surface area contributed by atoms with E-state index in [9.17, 15) is 0 Å². The number of hydrogen-bond acceptors (Lipinski definition) is 3. The Kier molecular flexibility index (Phi) is 7.62. The average Bonchev–Trinajstić information content (AvgIpc) is 2.39. The first-order chi connectivity index (χ1) is 8.79. The van der Waals surface area contributed by atoms with E-state index in [2.05, 4.69) is 37.1 Å². The molecule has 1 heterocycles. The van der Waals surface area contributed by atoms with Gasteiger partial charge in [0, 0.05) is 31.6 Å². The lowest BCUT2D eigenvalue weighted by Crippen LogP contribution is -2.24. The molecule has 1 rings (SSSR count). The van der Waals surface area contributed by atoms with Gasteiger partial charge in [0.25, 0.3) is 0 Å². The van der Waals surface area contributed by atoms with Crippen LogP contribution in [0, 0.1) is 6.92 Å². The molecule has 0 saturated heterocycles. The van der Waals surface area contributed by atoms with Crippen LogP contribution in [0.2, 0.25) is 0 Å². The maximum absolute atomic E-state index is 5.59. The van der Waals surface area contributed by atoms with Crippen molar-refractivity contribution < 1.29 is 4.74 Å². The SMILES string of the molecule is CCCNC(CCOCCC)c1cnccc1C. The highest BCUT2D eigenvalue weighted by molar-refractivity contribution is 5.25. The van der Waals surface area contributed by atoms with Crippen molar-refractivity contribution in [3.63, 3.8) is 0 Å². The van der Waals surface area contributed by atoms with E-state index in [1.807, 2.05) is 12.4 Å². The minimum atomic E-state index is 0.357. The fourth-order valence-electron chi connectivity index (χ4n) is 1.97. The highest BCUT2D eigenvalue weighted by Gasteiger charge is 2.12. The summed E-state index contributed by atoms with van der Waals surface area (Å²) in [6.07, 6.45) is 7.06. The van der Waals surface area contributed by atoms with Crippen molar-refractivity contribution in [3.8, 4) is 0 Å². The number of aryl methyl sites for hydroxylation is 1. The van der Waals surface area contributed by atoms with Gasteiger partial charge in [-0.3, -0.25) is 4.98 Å². The molecule has 0 aromatic carbocycles. The molecule has 18 heavy (non-hydrogen) atoms. The summed E-state index contributed by atoms with van der Waals surface area (Å²) in [5, 5.41) is 3.58. The average molecular weight is 250 g/mol. The number of pyridine rings is 1. The van der Waals surface area contributed by atoms with Gasteiger partial charge in [-0.25, -0.2) is 0 Å².